The molecule has 116 valence electrons. The molecule has 3 rings (SSSR count). The molecule has 1 N–H and O–H groups in total. The van der Waals surface area contributed by atoms with E-state index in [2.05, 4.69) is 10.4 Å². The van der Waals surface area contributed by atoms with Gasteiger partial charge in [-0.1, -0.05) is 47.2 Å². The highest BCUT2D eigenvalue weighted by Crippen LogP contribution is 2.32. The molecule has 0 radical (unpaired) electrons. The Kier molecular flexibility index (Phi) is 4.27. The Morgan fingerprint density at radius 1 is 1.13 bits per heavy atom. The summed E-state index contributed by atoms with van der Waals surface area (Å²) in [5, 5.41) is 2.01. The number of carbonyl (C=O) groups is 2. The molecule has 0 saturated carbocycles. The normalized spacial score (nSPS) is 10.5. The maximum Gasteiger partial charge on any atom is 0.279 e. The second-order valence-electron chi connectivity index (χ2n) is 4.76. The molecule has 0 aliphatic heterocycles. The summed E-state index contributed by atoms with van der Waals surface area (Å²) in [4.78, 5) is 28.6. The van der Waals surface area contributed by atoms with Crippen molar-refractivity contribution in [1.82, 2.24) is 10.4 Å². The van der Waals surface area contributed by atoms with Crippen LogP contribution in [0.1, 0.15) is 17.3 Å². The van der Waals surface area contributed by atoms with Crippen molar-refractivity contribution >= 4 is 50.1 Å². The van der Waals surface area contributed by atoms with Gasteiger partial charge in [0.1, 0.15) is 5.52 Å². The summed E-state index contributed by atoms with van der Waals surface area (Å²) in [7, 11) is 0. The van der Waals surface area contributed by atoms with Crippen LogP contribution in [0.15, 0.2) is 48.5 Å². The predicted molar refractivity (Wildman–Crippen MR) is 91.7 cm³/mol. The van der Waals surface area contributed by atoms with Crippen LogP contribution in [0.4, 0.5) is 5.13 Å². The number of rotatable bonds is 2. The van der Waals surface area contributed by atoms with Crippen LogP contribution < -0.4 is 10.4 Å². The van der Waals surface area contributed by atoms with Gasteiger partial charge in [-0.3, -0.25) is 15.0 Å². The number of nitrogens with one attached hydrogen (secondary N) is 1. The number of fused-ring (bicyclic) bond motifs is 1. The fourth-order valence-corrected chi connectivity index (χ4v) is 3.28. The average molecular weight is 346 g/mol. The minimum Gasteiger partial charge on any atom is -0.274 e. The summed E-state index contributed by atoms with van der Waals surface area (Å²) in [6.07, 6.45) is 0. The lowest BCUT2D eigenvalue weighted by atomic mass is 10.2. The zero-order chi connectivity index (χ0) is 16.4. The molecule has 2 amide bonds. The number of anilines is 1. The molecule has 23 heavy (non-hydrogen) atoms. The number of nitrogens with zero attached hydrogens (tertiary/aromatic N) is 2. The molecule has 1 aromatic heterocycles. The van der Waals surface area contributed by atoms with E-state index >= 15 is 0 Å². The van der Waals surface area contributed by atoms with Gasteiger partial charge in [-0.05, 0) is 24.3 Å². The highest BCUT2D eigenvalue weighted by atomic mass is 35.5. The molecule has 0 aliphatic carbocycles. The monoisotopic (exact) mass is 345 g/mol. The molecule has 0 unspecified atom stereocenters. The van der Waals surface area contributed by atoms with Crippen molar-refractivity contribution in [2.24, 2.45) is 0 Å². The Balaban J connectivity index is 2.06. The van der Waals surface area contributed by atoms with Gasteiger partial charge in [0.15, 0.2) is 0 Å². The number of aromatic nitrogens is 1. The van der Waals surface area contributed by atoms with Crippen LogP contribution in [-0.4, -0.2) is 16.8 Å². The number of amides is 2. The summed E-state index contributed by atoms with van der Waals surface area (Å²) in [5.74, 6) is -0.726. The maximum absolute atomic E-state index is 12.7. The second-order valence-corrected chi connectivity index (χ2v) is 6.17. The van der Waals surface area contributed by atoms with E-state index in [0.29, 0.717) is 21.2 Å². The molecule has 5 nitrogen and oxygen atoms in total. The quantitative estimate of drug-likeness (QED) is 0.721. The first kappa shape index (κ1) is 15.5. The van der Waals surface area contributed by atoms with E-state index in [0.717, 1.165) is 9.71 Å². The number of hydrogen-bond donors (Lipinski definition) is 1. The number of para-hydroxylation sites is 1. The first-order valence-electron chi connectivity index (χ1n) is 6.78. The summed E-state index contributed by atoms with van der Waals surface area (Å²) in [6, 6.07) is 14.1. The number of halogens is 1. The van der Waals surface area contributed by atoms with Gasteiger partial charge in [0, 0.05) is 12.5 Å². The molecule has 7 heteroatoms. The standard InChI is InChI=1S/C16H12ClN3O2S/c1-10(21)19-20(15(22)11-6-3-2-4-7-11)16-18-14-12(17)8-5-9-13(14)23-16/h2-9H,1H3,(H,19,21). The molecule has 0 atom stereocenters. The van der Waals surface area contributed by atoms with Crippen molar-refractivity contribution in [3.63, 3.8) is 0 Å². The number of hydrogen-bond acceptors (Lipinski definition) is 4. The van der Waals surface area contributed by atoms with Crippen LogP contribution in [0.25, 0.3) is 10.2 Å². The van der Waals surface area contributed by atoms with Crippen LogP contribution in [-0.2, 0) is 4.79 Å². The number of hydrazine groups is 1. The Hall–Kier alpha value is -2.44. The molecule has 1 heterocycles. The molecular formula is C16H12ClN3O2S. The zero-order valence-corrected chi connectivity index (χ0v) is 13.7. The summed E-state index contributed by atoms with van der Waals surface area (Å²) in [5.41, 5.74) is 3.58. The lowest BCUT2D eigenvalue weighted by Gasteiger charge is -2.19. The lowest BCUT2D eigenvalue weighted by Crippen LogP contribution is -2.45. The van der Waals surface area contributed by atoms with Crippen molar-refractivity contribution < 1.29 is 9.59 Å². The Morgan fingerprint density at radius 2 is 1.87 bits per heavy atom. The first-order valence-corrected chi connectivity index (χ1v) is 7.97. The smallest absolute Gasteiger partial charge is 0.274 e. The minimum absolute atomic E-state index is 0.358. The van der Waals surface area contributed by atoms with E-state index in [9.17, 15) is 9.59 Å². The van der Waals surface area contributed by atoms with E-state index in [1.54, 1.807) is 30.3 Å². The van der Waals surface area contributed by atoms with E-state index in [1.807, 2.05) is 18.2 Å². The van der Waals surface area contributed by atoms with Gasteiger partial charge in [0.25, 0.3) is 5.91 Å². The second kappa shape index (κ2) is 6.36. The van der Waals surface area contributed by atoms with E-state index in [-0.39, 0.29) is 11.8 Å². The highest BCUT2D eigenvalue weighted by molar-refractivity contribution is 7.22. The fourth-order valence-electron chi connectivity index (χ4n) is 2.05. The molecule has 0 aliphatic rings. The Labute approximate surface area is 141 Å². The van der Waals surface area contributed by atoms with Gasteiger partial charge in [0.2, 0.25) is 11.0 Å². The van der Waals surface area contributed by atoms with Crippen molar-refractivity contribution in [1.29, 1.82) is 0 Å². The molecule has 2 aromatic carbocycles. The van der Waals surface area contributed by atoms with Crippen LogP contribution in [0.2, 0.25) is 5.02 Å². The predicted octanol–water partition coefficient (Wildman–Crippen LogP) is 3.65. The minimum atomic E-state index is -0.365. The van der Waals surface area contributed by atoms with E-state index in [4.69, 9.17) is 11.6 Å². The maximum atomic E-state index is 12.7. The molecule has 0 saturated heterocycles. The van der Waals surface area contributed by atoms with Crippen molar-refractivity contribution in [3.05, 3.63) is 59.1 Å². The number of carbonyl (C=O) groups excluding carboxylic acids is 2. The highest BCUT2D eigenvalue weighted by Gasteiger charge is 2.22. The Morgan fingerprint density at radius 3 is 2.52 bits per heavy atom. The van der Waals surface area contributed by atoms with Crippen molar-refractivity contribution in [2.45, 2.75) is 6.92 Å². The lowest BCUT2D eigenvalue weighted by molar-refractivity contribution is -0.119. The van der Waals surface area contributed by atoms with Crippen LogP contribution in [0, 0.1) is 0 Å². The van der Waals surface area contributed by atoms with Gasteiger partial charge < -0.3 is 0 Å². The topological polar surface area (TPSA) is 62.3 Å². The number of thiazole rings is 1. The van der Waals surface area contributed by atoms with Gasteiger partial charge in [0.05, 0.1) is 9.72 Å². The molecular weight excluding hydrogens is 334 g/mol. The van der Waals surface area contributed by atoms with Crippen LogP contribution in [0.3, 0.4) is 0 Å². The molecule has 0 spiro atoms. The average Bonchev–Trinajstić information content (AvgIpc) is 2.98. The van der Waals surface area contributed by atoms with Crippen molar-refractivity contribution in [2.75, 3.05) is 5.01 Å². The summed E-state index contributed by atoms with van der Waals surface area (Å²) >= 11 is 7.41. The largest absolute Gasteiger partial charge is 0.279 e. The summed E-state index contributed by atoms with van der Waals surface area (Å²) < 4.78 is 0.837. The molecule has 0 bridgehead atoms. The molecule has 0 fully saturated rings. The van der Waals surface area contributed by atoms with Gasteiger partial charge in [-0.15, -0.1) is 0 Å². The summed E-state index contributed by atoms with van der Waals surface area (Å²) in [6.45, 7) is 1.34. The van der Waals surface area contributed by atoms with Crippen LogP contribution in [0.5, 0.6) is 0 Å². The third-order valence-corrected chi connectivity index (χ3v) is 4.35. The third-order valence-electron chi connectivity index (χ3n) is 3.04. The number of benzene rings is 2. The molecule has 3 aromatic rings. The van der Waals surface area contributed by atoms with E-state index < -0.39 is 0 Å². The van der Waals surface area contributed by atoms with E-state index in [1.165, 1.54) is 18.3 Å². The van der Waals surface area contributed by atoms with Crippen LogP contribution >= 0.6 is 22.9 Å². The SMILES string of the molecule is CC(=O)NN(C(=O)c1ccccc1)c1nc2c(Cl)cccc2s1. The first-order chi connectivity index (χ1) is 11.1. The third kappa shape index (κ3) is 3.18. The fraction of sp³-hybridized carbons (Fsp3) is 0.0625. The Bertz CT molecular complexity index is 879. The zero-order valence-electron chi connectivity index (χ0n) is 12.1. The van der Waals surface area contributed by atoms with Gasteiger partial charge >= 0.3 is 0 Å². The van der Waals surface area contributed by atoms with Gasteiger partial charge in [-0.25, -0.2) is 4.98 Å². The van der Waals surface area contributed by atoms with Gasteiger partial charge in [-0.2, -0.15) is 5.01 Å². The van der Waals surface area contributed by atoms with Crippen molar-refractivity contribution in [3.8, 4) is 0 Å².